The van der Waals surface area contributed by atoms with E-state index in [1.165, 1.54) is 4.31 Å². The van der Waals surface area contributed by atoms with Crippen LogP contribution in [0.25, 0.3) is 0 Å². The van der Waals surface area contributed by atoms with Gasteiger partial charge in [-0.15, -0.1) is 0 Å². The zero-order valence-electron chi connectivity index (χ0n) is 17.3. The van der Waals surface area contributed by atoms with Crippen LogP contribution < -0.4 is 19.1 Å². The summed E-state index contributed by atoms with van der Waals surface area (Å²) in [4.78, 5) is 12.3. The molecule has 0 aliphatic carbocycles. The van der Waals surface area contributed by atoms with Crippen molar-refractivity contribution in [3.05, 3.63) is 48.0 Å². The molecule has 0 bridgehead atoms. The smallest absolute Gasteiger partial charge is 0.232 e. The monoisotopic (exact) mass is 420 g/mol. The lowest BCUT2D eigenvalue weighted by Gasteiger charge is -2.22. The third kappa shape index (κ3) is 6.67. The lowest BCUT2D eigenvalue weighted by atomic mass is 10.2. The highest BCUT2D eigenvalue weighted by molar-refractivity contribution is 7.92. The van der Waals surface area contributed by atoms with Gasteiger partial charge in [0.2, 0.25) is 15.9 Å². The first-order valence-electron chi connectivity index (χ1n) is 9.39. The Morgan fingerprint density at radius 2 is 1.83 bits per heavy atom. The van der Waals surface area contributed by atoms with E-state index >= 15 is 0 Å². The number of carbonyl (C=O) groups excluding carboxylic acids is 1. The van der Waals surface area contributed by atoms with Crippen LogP contribution in [-0.2, 0) is 14.8 Å². The highest BCUT2D eigenvalue weighted by Gasteiger charge is 2.18. The number of rotatable bonds is 10. The average Bonchev–Trinajstić information content (AvgIpc) is 2.66. The molecule has 8 heteroatoms. The summed E-state index contributed by atoms with van der Waals surface area (Å²) in [7, 11) is -1.93. The van der Waals surface area contributed by atoms with Crippen LogP contribution in [0, 0.1) is 6.92 Å². The van der Waals surface area contributed by atoms with Gasteiger partial charge in [-0.05, 0) is 62.2 Å². The van der Waals surface area contributed by atoms with Crippen LogP contribution in [0.4, 0.5) is 11.4 Å². The molecule has 0 aliphatic heterocycles. The van der Waals surface area contributed by atoms with E-state index in [0.717, 1.165) is 11.8 Å². The van der Waals surface area contributed by atoms with Gasteiger partial charge in [0.1, 0.15) is 11.5 Å². The standard InChI is InChI=1S/C21H28N2O5S/c1-5-28-18-11-9-17(10-12-18)23(29(4,25)26)14-6-7-21(24)22-19-15-16(2)8-13-20(19)27-3/h8-13,15H,5-7,14H2,1-4H3,(H,22,24). The predicted octanol–water partition coefficient (Wildman–Crippen LogP) is 3.59. The molecule has 1 N–H and O–H groups in total. The Morgan fingerprint density at radius 3 is 2.41 bits per heavy atom. The van der Waals surface area contributed by atoms with Gasteiger partial charge in [0.25, 0.3) is 0 Å². The number of methoxy groups -OCH3 is 1. The maximum atomic E-state index is 12.3. The predicted molar refractivity (Wildman–Crippen MR) is 115 cm³/mol. The number of nitrogens with one attached hydrogen (secondary N) is 1. The van der Waals surface area contributed by atoms with E-state index in [9.17, 15) is 13.2 Å². The van der Waals surface area contributed by atoms with Crippen molar-refractivity contribution in [3.8, 4) is 11.5 Å². The molecule has 0 saturated heterocycles. The molecule has 2 aromatic rings. The van der Waals surface area contributed by atoms with E-state index in [0.29, 0.717) is 35.9 Å². The maximum Gasteiger partial charge on any atom is 0.232 e. The van der Waals surface area contributed by atoms with Crippen LogP contribution in [0.3, 0.4) is 0 Å². The summed E-state index contributed by atoms with van der Waals surface area (Å²) in [6, 6.07) is 12.4. The summed E-state index contributed by atoms with van der Waals surface area (Å²) in [5.41, 5.74) is 2.14. The van der Waals surface area contributed by atoms with Crippen molar-refractivity contribution in [2.45, 2.75) is 26.7 Å². The molecule has 0 aromatic heterocycles. The van der Waals surface area contributed by atoms with E-state index < -0.39 is 10.0 Å². The van der Waals surface area contributed by atoms with Crippen molar-refractivity contribution in [3.63, 3.8) is 0 Å². The number of carbonyl (C=O) groups is 1. The topological polar surface area (TPSA) is 84.9 Å². The zero-order chi connectivity index (χ0) is 21.4. The van der Waals surface area contributed by atoms with E-state index in [2.05, 4.69) is 5.32 Å². The first kappa shape index (κ1) is 22.5. The summed E-state index contributed by atoms with van der Waals surface area (Å²) < 4.78 is 36.4. The Balaban J connectivity index is 2.00. The molecule has 2 rings (SSSR count). The summed E-state index contributed by atoms with van der Waals surface area (Å²) in [5, 5.41) is 2.83. The van der Waals surface area contributed by atoms with Crippen molar-refractivity contribution >= 4 is 27.3 Å². The van der Waals surface area contributed by atoms with Crippen LogP contribution >= 0.6 is 0 Å². The lowest BCUT2D eigenvalue weighted by Crippen LogP contribution is -2.31. The molecule has 0 heterocycles. The number of amides is 1. The number of aryl methyl sites for hydroxylation is 1. The summed E-state index contributed by atoms with van der Waals surface area (Å²) in [6.45, 7) is 4.55. The van der Waals surface area contributed by atoms with Crippen LogP contribution in [0.2, 0.25) is 0 Å². The summed E-state index contributed by atoms with van der Waals surface area (Å²) >= 11 is 0. The van der Waals surface area contributed by atoms with Gasteiger partial charge in [-0.1, -0.05) is 6.07 Å². The number of hydrogen-bond donors (Lipinski definition) is 1. The first-order chi connectivity index (χ1) is 13.7. The molecule has 0 saturated carbocycles. The lowest BCUT2D eigenvalue weighted by molar-refractivity contribution is -0.116. The number of anilines is 2. The largest absolute Gasteiger partial charge is 0.495 e. The fraction of sp³-hybridized carbons (Fsp3) is 0.381. The van der Waals surface area contributed by atoms with E-state index in [1.54, 1.807) is 37.4 Å². The van der Waals surface area contributed by atoms with Crippen LogP contribution in [-0.4, -0.2) is 40.8 Å². The highest BCUT2D eigenvalue weighted by atomic mass is 32.2. The molecule has 2 aromatic carbocycles. The van der Waals surface area contributed by atoms with Gasteiger partial charge in [0.05, 0.1) is 31.3 Å². The summed E-state index contributed by atoms with van der Waals surface area (Å²) in [5.74, 6) is 1.06. The number of ether oxygens (including phenoxy) is 2. The molecule has 29 heavy (non-hydrogen) atoms. The minimum Gasteiger partial charge on any atom is -0.495 e. The fourth-order valence-electron chi connectivity index (χ4n) is 2.88. The van der Waals surface area contributed by atoms with E-state index in [-0.39, 0.29) is 18.9 Å². The van der Waals surface area contributed by atoms with Crippen molar-refractivity contribution in [1.29, 1.82) is 0 Å². The molecular formula is C21H28N2O5S. The Bertz CT molecular complexity index is 927. The van der Waals surface area contributed by atoms with Crippen molar-refractivity contribution < 1.29 is 22.7 Å². The number of hydrogen-bond acceptors (Lipinski definition) is 5. The maximum absolute atomic E-state index is 12.3. The zero-order valence-corrected chi connectivity index (χ0v) is 18.1. The minimum atomic E-state index is -3.48. The molecule has 0 unspecified atom stereocenters. The number of sulfonamides is 1. The molecule has 7 nitrogen and oxygen atoms in total. The van der Waals surface area contributed by atoms with Gasteiger partial charge in [-0.3, -0.25) is 9.10 Å². The molecular weight excluding hydrogens is 392 g/mol. The fourth-order valence-corrected chi connectivity index (χ4v) is 3.84. The van der Waals surface area contributed by atoms with Gasteiger partial charge in [0, 0.05) is 13.0 Å². The van der Waals surface area contributed by atoms with Crippen LogP contribution in [0.1, 0.15) is 25.3 Å². The van der Waals surface area contributed by atoms with E-state index in [4.69, 9.17) is 9.47 Å². The molecule has 0 atom stereocenters. The van der Waals surface area contributed by atoms with Gasteiger partial charge >= 0.3 is 0 Å². The summed E-state index contributed by atoms with van der Waals surface area (Å²) in [6.07, 6.45) is 1.71. The molecule has 0 fully saturated rings. The quantitative estimate of drug-likeness (QED) is 0.635. The Morgan fingerprint density at radius 1 is 1.14 bits per heavy atom. The molecule has 1 amide bonds. The second-order valence-electron chi connectivity index (χ2n) is 6.62. The Hall–Kier alpha value is -2.74. The highest BCUT2D eigenvalue weighted by Crippen LogP contribution is 2.26. The second-order valence-corrected chi connectivity index (χ2v) is 8.52. The van der Waals surface area contributed by atoms with Crippen LogP contribution in [0.15, 0.2) is 42.5 Å². The molecule has 0 spiro atoms. The normalized spacial score (nSPS) is 11.0. The van der Waals surface area contributed by atoms with Gasteiger partial charge in [-0.25, -0.2) is 8.42 Å². The minimum absolute atomic E-state index is 0.181. The molecule has 0 radical (unpaired) electrons. The second kappa shape index (κ2) is 10.2. The van der Waals surface area contributed by atoms with Crippen molar-refractivity contribution in [2.75, 3.05) is 36.1 Å². The Kier molecular flexibility index (Phi) is 7.90. The SMILES string of the molecule is CCOc1ccc(N(CCCC(=O)Nc2cc(C)ccc2OC)S(C)(=O)=O)cc1. The Labute approximate surface area is 172 Å². The van der Waals surface area contributed by atoms with Crippen molar-refractivity contribution in [1.82, 2.24) is 0 Å². The van der Waals surface area contributed by atoms with Gasteiger partial charge in [-0.2, -0.15) is 0 Å². The average molecular weight is 421 g/mol. The number of nitrogens with zero attached hydrogens (tertiary/aromatic N) is 1. The first-order valence-corrected chi connectivity index (χ1v) is 11.2. The van der Waals surface area contributed by atoms with Gasteiger partial charge < -0.3 is 14.8 Å². The van der Waals surface area contributed by atoms with Crippen LogP contribution in [0.5, 0.6) is 11.5 Å². The van der Waals surface area contributed by atoms with Gasteiger partial charge in [0.15, 0.2) is 0 Å². The molecule has 158 valence electrons. The van der Waals surface area contributed by atoms with E-state index in [1.807, 2.05) is 26.0 Å². The third-order valence-corrected chi connectivity index (χ3v) is 5.42. The third-order valence-electron chi connectivity index (χ3n) is 4.23. The van der Waals surface area contributed by atoms with Crippen molar-refractivity contribution in [2.24, 2.45) is 0 Å². The number of benzene rings is 2. The molecule has 0 aliphatic rings.